The van der Waals surface area contributed by atoms with Crippen LogP contribution in [0.5, 0.6) is 34.5 Å². The Kier molecular flexibility index (Phi) is 5.46. The molecule has 2 aromatic carbocycles. The summed E-state index contributed by atoms with van der Waals surface area (Å²) < 4.78 is 16.5. The molecule has 176 valence electrons. The highest BCUT2D eigenvalue weighted by atomic mass is 16.7. The molecule has 1 aliphatic heterocycles. The summed E-state index contributed by atoms with van der Waals surface area (Å²) in [5.41, 5.74) is -1.45. The van der Waals surface area contributed by atoms with Gasteiger partial charge in [-0.05, 0) is 19.1 Å². The maximum atomic E-state index is 13.2. The zero-order valence-electron chi connectivity index (χ0n) is 16.9. The third kappa shape index (κ3) is 3.74. The number of rotatable bonds is 3. The number of hydrogen-bond donors (Lipinski definition) is 8. The fraction of sp³-hybridized carbons (Fsp3) is 0.286. The van der Waals surface area contributed by atoms with Gasteiger partial charge in [0.2, 0.25) is 17.5 Å². The maximum Gasteiger partial charge on any atom is 0.239 e. The van der Waals surface area contributed by atoms with Gasteiger partial charge in [-0.25, -0.2) is 0 Å². The van der Waals surface area contributed by atoms with Crippen molar-refractivity contribution in [2.24, 2.45) is 0 Å². The summed E-state index contributed by atoms with van der Waals surface area (Å²) in [6.45, 7) is 1.39. The Balaban J connectivity index is 1.95. The Hall–Kier alpha value is -3.71. The molecule has 1 aromatic heterocycles. The van der Waals surface area contributed by atoms with E-state index in [4.69, 9.17) is 13.9 Å². The summed E-state index contributed by atoms with van der Waals surface area (Å²) in [4.78, 5) is 13.2. The topological polar surface area (TPSA) is 211 Å². The molecule has 8 N–H and O–H groups in total. The molecule has 0 bridgehead atoms. The molecule has 0 aliphatic carbocycles. The fourth-order valence-electron chi connectivity index (χ4n) is 3.53. The number of aliphatic hydroxyl groups is 3. The van der Waals surface area contributed by atoms with E-state index in [1.54, 1.807) is 0 Å². The standard InChI is InChI=1S/C21H20O12/c1-6-14(26)17(29)18(30)21(31-6)33-20-16(28)13-9(23)4-8(22)5-12(13)32-19(20)7-2-10(24)15(27)11(25)3-7/h2-6,14,17-18,21-27,29-30H,1H3/t6?,14-,17-,18?,21-/m0/s1. The molecule has 12 nitrogen and oxygen atoms in total. The summed E-state index contributed by atoms with van der Waals surface area (Å²) in [5.74, 6) is -4.55. The Morgan fingerprint density at radius 2 is 1.48 bits per heavy atom. The van der Waals surface area contributed by atoms with Crippen LogP contribution < -0.4 is 10.2 Å². The predicted octanol–water partition coefficient (Wildman–Crippen LogP) is 0.194. The van der Waals surface area contributed by atoms with Gasteiger partial charge < -0.3 is 54.7 Å². The largest absolute Gasteiger partial charge is 0.508 e. The lowest BCUT2D eigenvalue weighted by Crippen LogP contribution is -2.58. The average molecular weight is 464 g/mol. The van der Waals surface area contributed by atoms with Gasteiger partial charge in [0.05, 0.1) is 6.10 Å². The molecule has 0 radical (unpaired) electrons. The van der Waals surface area contributed by atoms with Crippen molar-refractivity contribution in [1.82, 2.24) is 0 Å². The first kappa shape index (κ1) is 22.5. The monoisotopic (exact) mass is 464 g/mol. The number of phenols is 5. The number of aromatic hydroxyl groups is 5. The molecule has 0 spiro atoms. The van der Waals surface area contributed by atoms with Crippen LogP contribution in [-0.2, 0) is 4.74 Å². The number of phenolic OH excluding ortho intramolecular Hbond substituents is 5. The minimum Gasteiger partial charge on any atom is -0.508 e. The normalized spacial score (nSPS) is 25.3. The first-order valence-corrected chi connectivity index (χ1v) is 9.64. The zero-order valence-corrected chi connectivity index (χ0v) is 16.9. The predicted molar refractivity (Wildman–Crippen MR) is 109 cm³/mol. The van der Waals surface area contributed by atoms with Gasteiger partial charge in [-0.3, -0.25) is 4.79 Å². The summed E-state index contributed by atoms with van der Waals surface area (Å²) in [6.07, 6.45) is -7.59. The van der Waals surface area contributed by atoms with Crippen molar-refractivity contribution in [3.05, 3.63) is 34.5 Å². The lowest BCUT2D eigenvalue weighted by molar-refractivity contribution is -0.268. The van der Waals surface area contributed by atoms with Crippen LogP contribution in [0.15, 0.2) is 33.5 Å². The van der Waals surface area contributed by atoms with E-state index in [0.29, 0.717) is 0 Å². The molecule has 1 fully saturated rings. The highest BCUT2D eigenvalue weighted by Crippen LogP contribution is 2.43. The van der Waals surface area contributed by atoms with Crippen molar-refractivity contribution in [3.63, 3.8) is 0 Å². The van der Waals surface area contributed by atoms with Gasteiger partial charge in [0.15, 0.2) is 23.0 Å². The molecule has 2 unspecified atom stereocenters. The summed E-state index contributed by atoms with van der Waals surface area (Å²) in [6, 6.07) is 3.79. The number of aliphatic hydroxyl groups excluding tert-OH is 3. The Morgan fingerprint density at radius 3 is 2.12 bits per heavy atom. The van der Waals surface area contributed by atoms with Gasteiger partial charge in [-0.15, -0.1) is 0 Å². The van der Waals surface area contributed by atoms with Crippen molar-refractivity contribution >= 4 is 11.0 Å². The third-order valence-corrected chi connectivity index (χ3v) is 5.29. The van der Waals surface area contributed by atoms with Crippen molar-refractivity contribution in [2.75, 3.05) is 0 Å². The molecular formula is C21H20O12. The van der Waals surface area contributed by atoms with Crippen molar-refractivity contribution < 1.29 is 54.7 Å². The van der Waals surface area contributed by atoms with E-state index in [-0.39, 0.29) is 11.1 Å². The van der Waals surface area contributed by atoms with Gasteiger partial charge >= 0.3 is 0 Å². The van der Waals surface area contributed by atoms with Crippen molar-refractivity contribution in [1.29, 1.82) is 0 Å². The van der Waals surface area contributed by atoms with Crippen molar-refractivity contribution in [2.45, 2.75) is 37.6 Å². The fourth-order valence-corrected chi connectivity index (χ4v) is 3.53. The van der Waals surface area contributed by atoms with Gasteiger partial charge in [-0.2, -0.15) is 0 Å². The van der Waals surface area contributed by atoms with E-state index >= 15 is 0 Å². The lowest BCUT2D eigenvalue weighted by atomic mass is 10.00. The second kappa shape index (κ2) is 8.01. The number of benzene rings is 2. The summed E-state index contributed by atoms with van der Waals surface area (Å²) >= 11 is 0. The van der Waals surface area contributed by atoms with E-state index < -0.39 is 81.8 Å². The Morgan fingerprint density at radius 1 is 0.848 bits per heavy atom. The van der Waals surface area contributed by atoms with Crippen LogP contribution in [0.3, 0.4) is 0 Å². The second-order valence-electron chi connectivity index (χ2n) is 7.59. The van der Waals surface area contributed by atoms with Gasteiger partial charge in [0, 0.05) is 17.7 Å². The molecule has 3 aromatic rings. The van der Waals surface area contributed by atoms with Gasteiger partial charge in [-0.1, -0.05) is 0 Å². The van der Waals surface area contributed by atoms with Crippen LogP contribution in [0.1, 0.15) is 6.92 Å². The average Bonchev–Trinajstić information content (AvgIpc) is 2.74. The second-order valence-corrected chi connectivity index (χ2v) is 7.59. The maximum absolute atomic E-state index is 13.2. The number of hydrogen-bond acceptors (Lipinski definition) is 12. The quantitative estimate of drug-likeness (QED) is 0.244. The molecule has 1 aliphatic rings. The Labute approximate surface area is 184 Å². The molecule has 12 heteroatoms. The molecule has 33 heavy (non-hydrogen) atoms. The molecule has 0 amide bonds. The zero-order chi connectivity index (χ0) is 24.2. The molecule has 1 saturated heterocycles. The third-order valence-electron chi connectivity index (χ3n) is 5.29. The van der Waals surface area contributed by atoms with Crippen LogP contribution in [0.2, 0.25) is 0 Å². The summed E-state index contributed by atoms with van der Waals surface area (Å²) in [5, 5.41) is 79.1. The summed E-state index contributed by atoms with van der Waals surface area (Å²) in [7, 11) is 0. The van der Waals surface area contributed by atoms with Gasteiger partial charge in [0.1, 0.15) is 40.8 Å². The van der Waals surface area contributed by atoms with Crippen molar-refractivity contribution in [3.8, 4) is 45.8 Å². The van der Waals surface area contributed by atoms with Crippen LogP contribution in [0, 0.1) is 0 Å². The molecule has 2 heterocycles. The molecule has 0 saturated carbocycles. The number of fused-ring (bicyclic) bond motifs is 1. The van der Waals surface area contributed by atoms with Crippen LogP contribution in [0.25, 0.3) is 22.3 Å². The van der Waals surface area contributed by atoms with Gasteiger partial charge in [0.25, 0.3) is 0 Å². The van der Waals surface area contributed by atoms with Crippen LogP contribution >= 0.6 is 0 Å². The van der Waals surface area contributed by atoms with E-state index in [0.717, 1.165) is 24.3 Å². The van der Waals surface area contributed by atoms with Crippen LogP contribution in [-0.4, -0.2) is 71.6 Å². The Bertz CT molecular complexity index is 1260. The smallest absolute Gasteiger partial charge is 0.239 e. The van der Waals surface area contributed by atoms with E-state index in [9.17, 15) is 45.6 Å². The van der Waals surface area contributed by atoms with E-state index in [1.807, 2.05) is 0 Å². The minimum atomic E-state index is -1.80. The number of ether oxygens (including phenoxy) is 2. The van der Waals surface area contributed by atoms with Crippen LogP contribution in [0.4, 0.5) is 0 Å². The highest BCUT2D eigenvalue weighted by Gasteiger charge is 2.44. The SMILES string of the molecule is CC1O[C@@H](Oc2c(-c3cc(O)c(O)c(O)c3)oc3cc(O)cc(O)c3c2=O)C(O)[C@@H](O)[C@H]1O. The first-order valence-electron chi connectivity index (χ1n) is 9.64. The molecule has 4 rings (SSSR count). The molecule has 5 atom stereocenters. The van der Waals surface area contributed by atoms with E-state index in [1.165, 1.54) is 6.92 Å². The minimum absolute atomic E-state index is 0.168. The molecular weight excluding hydrogens is 444 g/mol. The highest BCUT2D eigenvalue weighted by molar-refractivity contribution is 5.88. The van der Waals surface area contributed by atoms with E-state index in [2.05, 4.69) is 0 Å². The first-order chi connectivity index (χ1) is 15.5. The lowest BCUT2D eigenvalue weighted by Gasteiger charge is -2.38.